The number of nitrogens with two attached hydrogens (primary N) is 1. The maximum atomic E-state index is 12.7. The van der Waals surface area contributed by atoms with E-state index in [0.29, 0.717) is 34.6 Å². The van der Waals surface area contributed by atoms with Gasteiger partial charge in [-0.25, -0.2) is 4.90 Å². The number of quaternary nitrogens is 1. The van der Waals surface area contributed by atoms with Crippen molar-refractivity contribution in [1.82, 2.24) is 0 Å². The number of halogens is 2. The van der Waals surface area contributed by atoms with Gasteiger partial charge in [0.15, 0.2) is 6.04 Å². The maximum Gasteiger partial charge on any atom is 0.292 e. The van der Waals surface area contributed by atoms with Crippen LogP contribution < -0.4 is 15.0 Å². The lowest BCUT2D eigenvalue weighted by Gasteiger charge is -2.15. The molecule has 3 rings (SSSR count). The van der Waals surface area contributed by atoms with Crippen molar-refractivity contribution in [2.75, 3.05) is 11.5 Å². The summed E-state index contributed by atoms with van der Waals surface area (Å²) in [6.07, 6.45) is 0.174. The van der Waals surface area contributed by atoms with Crippen LogP contribution in [0.25, 0.3) is 0 Å². The monoisotopic (exact) mass is 393 g/mol. The zero-order valence-electron chi connectivity index (χ0n) is 14.2. The van der Waals surface area contributed by atoms with Gasteiger partial charge in [-0.1, -0.05) is 29.3 Å². The van der Waals surface area contributed by atoms with Crippen molar-refractivity contribution in [2.45, 2.75) is 25.9 Å². The number of benzene rings is 2. The Morgan fingerprint density at radius 3 is 2.50 bits per heavy atom. The molecular weight excluding hydrogens is 375 g/mol. The highest BCUT2D eigenvalue weighted by Gasteiger charge is 2.42. The van der Waals surface area contributed by atoms with Gasteiger partial charge in [0.2, 0.25) is 5.91 Å². The second kappa shape index (κ2) is 8.08. The summed E-state index contributed by atoms with van der Waals surface area (Å²) in [6, 6.07) is 11.9. The fourth-order valence-electron chi connectivity index (χ4n) is 2.91. The van der Waals surface area contributed by atoms with Crippen molar-refractivity contribution >= 4 is 40.7 Å². The average molecular weight is 394 g/mol. The van der Waals surface area contributed by atoms with E-state index >= 15 is 0 Å². The number of hydrogen-bond acceptors (Lipinski definition) is 3. The highest BCUT2D eigenvalue weighted by atomic mass is 35.5. The van der Waals surface area contributed by atoms with Gasteiger partial charge in [-0.2, -0.15) is 0 Å². The van der Waals surface area contributed by atoms with Gasteiger partial charge in [-0.3, -0.25) is 9.59 Å². The zero-order chi connectivity index (χ0) is 18.7. The summed E-state index contributed by atoms with van der Waals surface area (Å²) >= 11 is 11.9. The number of anilines is 1. The molecule has 0 saturated carbocycles. The number of rotatable bonds is 6. The third kappa shape index (κ3) is 4.01. The number of amides is 2. The topological polar surface area (TPSA) is 63.2 Å². The Morgan fingerprint density at radius 1 is 1.12 bits per heavy atom. The SMILES string of the molecule is CCOc1ccc(N2C(=O)C[C@@H]([NH2+]Cc3ccc(Cl)c(Cl)c3)C2=O)cc1. The van der Waals surface area contributed by atoms with E-state index in [9.17, 15) is 9.59 Å². The smallest absolute Gasteiger partial charge is 0.292 e. The standard InChI is InChI=1S/C19H18Cl2N2O3/c1-2-26-14-6-4-13(5-7-14)23-18(24)10-17(19(23)25)22-11-12-3-8-15(20)16(21)9-12/h3-9,17,22H,2,10-11H2,1H3/p+1/t17-/m1/s1. The van der Waals surface area contributed by atoms with Gasteiger partial charge >= 0.3 is 0 Å². The molecule has 0 aromatic heterocycles. The predicted molar refractivity (Wildman–Crippen MR) is 101 cm³/mol. The van der Waals surface area contributed by atoms with Crippen molar-refractivity contribution in [3.8, 4) is 5.75 Å². The summed E-state index contributed by atoms with van der Waals surface area (Å²) in [5, 5.41) is 2.82. The van der Waals surface area contributed by atoms with Gasteiger partial charge in [0.05, 0.1) is 28.8 Å². The van der Waals surface area contributed by atoms with Crippen LogP contribution in [-0.2, 0) is 16.1 Å². The van der Waals surface area contributed by atoms with E-state index < -0.39 is 6.04 Å². The molecule has 1 saturated heterocycles. The minimum atomic E-state index is -0.441. The third-order valence-corrected chi connectivity index (χ3v) is 4.95. The molecule has 1 fully saturated rings. The Labute approximate surface area is 161 Å². The van der Waals surface area contributed by atoms with Gasteiger partial charge in [-0.15, -0.1) is 0 Å². The molecule has 0 spiro atoms. The van der Waals surface area contributed by atoms with Gasteiger partial charge < -0.3 is 10.1 Å². The lowest BCUT2D eigenvalue weighted by atomic mass is 10.2. The highest BCUT2D eigenvalue weighted by molar-refractivity contribution is 6.42. The summed E-state index contributed by atoms with van der Waals surface area (Å²) in [4.78, 5) is 26.2. The van der Waals surface area contributed by atoms with E-state index in [0.717, 1.165) is 5.56 Å². The lowest BCUT2D eigenvalue weighted by Crippen LogP contribution is -2.90. The van der Waals surface area contributed by atoms with Crippen LogP contribution >= 0.6 is 23.2 Å². The van der Waals surface area contributed by atoms with E-state index in [2.05, 4.69) is 0 Å². The lowest BCUT2D eigenvalue weighted by molar-refractivity contribution is -0.690. The van der Waals surface area contributed by atoms with Gasteiger partial charge in [0.1, 0.15) is 12.3 Å². The average Bonchev–Trinajstić information content (AvgIpc) is 2.91. The summed E-state index contributed by atoms with van der Waals surface area (Å²) in [5.74, 6) is 0.298. The Morgan fingerprint density at radius 2 is 1.85 bits per heavy atom. The highest BCUT2D eigenvalue weighted by Crippen LogP contribution is 2.25. The van der Waals surface area contributed by atoms with Gasteiger partial charge in [0.25, 0.3) is 5.91 Å². The Balaban J connectivity index is 1.67. The number of carbonyl (C=O) groups is 2. The molecule has 2 amide bonds. The van der Waals surface area contributed by atoms with Crippen LogP contribution in [0.15, 0.2) is 42.5 Å². The quantitative estimate of drug-likeness (QED) is 0.767. The molecule has 0 aliphatic carbocycles. The summed E-state index contributed by atoms with van der Waals surface area (Å²) in [5.41, 5.74) is 1.51. The van der Waals surface area contributed by atoms with Crippen LogP contribution in [0.4, 0.5) is 5.69 Å². The van der Waals surface area contributed by atoms with E-state index in [1.807, 2.05) is 18.3 Å². The van der Waals surface area contributed by atoms with Crippen LogP contribution in [0.1, 0.15) is 18.9 Å². The van der Waals surface area contributed by atoms with Crippen LogP contribution in [0.2, 0.25) is 10.0 Å². The third-order valence-electron chi connectivity index (χ3n) is 4.21. The number of carbonyl (C=O) groups excluding carboxylic acids is 2. The van der Waals surface area contributed by atoms with Gasteiger partial charge in [0, 0.05) is 5.56 Å². The van der Waals surface area contributed by atoms with Crippen molar-refractivity contribution in [2.24, 2.45) is 0 Å². The molecule has 1 heterocycles. The van der Waals surface area contributed by atoms with Crippen LogP contribution in [-0.4, -0.2) is 24.5 Å². The first-order valence-corrected chi connectivity index (χ1v) is 9.12. The van der Waals surface area contributed by atoms with Crippen LogP contribution in [0.3, 0.4) is 0 Å². The molecule has 0 radical (unpaired) electrons. The molecule has 136 valence electrons. The normalized spacial score (nSPS) is 17.0. The first kappa shape index (κ1) is 18.7. The minimum Gasteiger partial charge on any atom is -0.494 e. The number of nitrogens with zero attached hydrogens (tertiary/aromatic N) is 1. The minimum absolute atomic E-state index is 0.174. The van der Waals surface area contributed by atoms with Crippen molar-refractivity contribution in [3.63, 3.8) is 0 Å². The summed E-state index contributed by atoms with van der Waals surface area (Å²) in [7, 11) is 0. The molecule has 26 heavy (non-hydrogen) atoms. The van der Waals surface area contributed by atoms with Crippen LogP contribution in [0, 0.1) is 0 Å². The Hall–Kier alpha value is -2.08. The molecule has 2 aromatic rings. The fraction of sp³-hybridized carbons (Fsp3) is 0.263. The molecule has 1 atom stereocenters. The van der Waals surface area contributed by atoms with E-state index in [1.165, 1.54) is 4.90 Å². The maximum absolute atomic E-state index is 12.7. The summed E-state index contributed by atoms with van der Waals surface area (Å²) in [6.45, 7) is 3.00. The van der Waals surface area contributed by atoms with E-state index in [-0.39, 0.29) is 18.2 Å². The molecule has 2 aromatic carbocycles. The van der Waals surface area contributed by atoms with E-state index in [1.54, 1.807) is 36.4 Å². The molecular formula is C19H19Cl2N2O3+. The van der Waals surface area contributed by atoms with Crippen LogP contribution in [0.5, 0.6) is 5.75 Å². The van der Waals surface area contributed by atoms with Crippen molar-refractivity contribution in [1.29, 1.82) is 0 Å². The van der Waals surface area contributed by atoms with E-state index in [4.69, 9.17) is 27.9 Å². The fourth-order valence-corrected chi connectivity index (χ4v) is 3.23. The van der Waals surface area contributed by atoms with Crippen molar-refractivity contribution < 1.29 is 19.6 Å². The Kier molecular flexibility index (Phi) is 5.81. The number of hydrogen-bond donors (Lipinski definition) is 1. The molecule has 7 heteroatoms. The Bertz CT molecular complexity index is 824. The number of ether oxygens (including phenoxy) is 1. The molecule has 1 aliphatic heterocycles. The first-order valence-electron chi connectivity index (χ1n) is 8.36. The second-order valence-electron chi connectivity index (χ2n) is 5.99. The second-order valence-corrected chi connectivity index (χ2v) is 6.81. The molecule has 0 unspecified atom stereocenters. The molecule has 2 N–H and O–H groups in total. The molecule has 0 bridgehead atoms. The first-order chi connectivity index (χ1) is 12.5. The predicted octanol–water partition coefficient (Wildman–Crippen LogP) is 2.79. The summed E-state index contributed by atoms with van der Waals surface area (Å²) < 4.78 is 5.39. The van der Waals surface area contributed by atoms with Gasteiger partial charge in [-0.05, 0) is 43.3 Å². The van der Waals surface area contributed by atoms with Crippen molar-refractivity contribution in [3.05, 3.63) is 58.1 Å². The number of imide groups is 1. The largest absolute Gasteiger partial charge is 0.494 e. The molecule has 5 nitrogen and oxygen atoms in total. The molecule has 1 aliphatic rings. The zero-order valence-corrected chi connectivity index (χ0v) is 15.8.